The van der Waals surface area contributed by atoms with Crippen molar-refractivity contribution in [3.8, 4) is 17.2 Å². The van der Waals surface area contributed by atoms with Crippen LogP contribution in [-0.4, -0.2) is 55.2 Å². The van der Waals surface area contributed by atoms with Gasteiger partial charge in [-0.2, -0.15) is 0 Å². The first-order valence-corrected chi connectivity index (χ1v) is 12.4. The summed E-state index contributed by atoms with van der Waals surface area (Å²) < 4.78 is 22.3. The van der Waals surface area contributed by atoms with Gasteiger partial charge in [0.25, 0.3) is 11.7 Å². The molecule has 3 aromatic carbocycles. The number of nitrogens with zero attached hydrogens (tertiary/aromatic N) is 1. The molecule has 1 fully saturated rings. The number of amides is 1. The monoisotopic (exact) mass is 515 g/mol. The van der Waals surface area contributed by atoms with Crippen molar-refractivity contribution in [2.45, 2.75) is 19.6 Å². The number of Topliss-reactive ketones (excluding diaryl/α,β-unsaturated/α-hetero) is 1. The Morgan fingerprint density at radius 1 is 0.974 bits per heavy atom. The number of carbonyl (C=O) groups excluding carboxylic acids is 2. The molecule has 38 heavy (non-hydrogen) atoms. The van der Waals surface area contributed by atoms with Crippen LogP contribution in [0.3, 0.4) is 0 Å². The second kappa shape index (κ2) is 11.0. The number of ketones is 1. The molecule has 8 heteroatoms. The van der Waals surface area contributed by atoms with Crippen molar-refractivity contribution < 1.29 is 33.6 Å². The summed E-state index contributed by atoms with van der Waals surface area (Å²) in [7, 11) is 1.53. The molecule has 2 aliphatic heterocycles. The van der Waals surface area contributed by atoms with Gasteiger partial charge in [0.2, 0.25) is 0 Å². The number of aryl methyl sites for hydroxylation is 1. The fraction of sp³-hybridized carbons (Fsp3) is 0.267. The number of hydrogen-bond donors (Lipinski definition) is 1. The van der Waals surface area contributed by atoms with E-state index in [-0.39, 0.29) is 24.5 Å². The predicted molar refractivity (Wildman–Crippen MR) is 140 cm³/mol. The van der Waals surface area contributed by atoms with Gasteiger partial charge >= 0.3 is 0 Å². The highest BCUT2D eigenvalue weighted by molar-refractivity contribution is 6.46. The number of rotatable bonds is 8. The number of likely N-dealkylation sites (tertiary alicyclic amines) is 1. The molecule has 0 bridgehead atoms. The number of carbonyl (C=O) groups is 2. The summed E-state index contributed by atoms with van der Waals surface area (Å²) in [5.74, 6) is -0.0318. The van der Waals surface area contributed by atoms with Crippen molar-refractivity contribution in [2.24, 2.45) is 0 Å². The minimum absolute atomic E-state index is 0.0103. The molecule has 2 heterocycles. The van der Waals surface area contributed by atoms with E-state index in [0.717, 1.165) is 5.56 Å². The SMILES string of the molecule is COCCN1C(=O)C(=O)/C(=C(\O)c2ccc3c(c2)OCCO3)C1c1ccc(OCc2ccc(C)cc2)cc1. The van der Waals surface area contributed by atoms with E-state index in [1.165, 1.54) is 17.6 Å². The van der Waals surface area contributed by atoms with Crippen LogP contribution >= 0.6 is 0 Å². The van der Waals surface area contributed by atoms with Gasteiger partial charge < -0.3 is 29.0 Å². The molecular weight excluding hydrogens is 486 g/mol. The van der Waals surface area contributed by atoms with Gasteiger partial charge in [0, 0.05) is 19.2 Å². The Kier molecular flexibility index (Phi) is 7.33. The van der Waals surface area contributed by atoms with E-state index < -0.39 is 17.7 Å². The minimum atomic E-state index is -0.788. The van der Waals surface area contributed by atoms with Crippen LogP contribution in [0.15, 0.2) is 72.3 Å². The third kappa shape index (κ3) is 5.08. The third-order valence-corrected chi connectivity index (χ3v) is 6.61. The Morgan fingerprint density at radius 2 is 1.68 bits per heavy atom. The van der Waals surface area contributed by atoms with Crippen LogP contribution in [-0.2, 0) is 20.9 Å². The van der Waals surface area contributed by atoms with Gasteiger partial charge in [-0.1, -0.05) is 42.0 Å². The van der Waals surface area contributed by atoms with E-state index in [9.17, 15) is 14.7 Å². The second-order valence-electron chi connectivity index (χ2n) is 9.19. The van der Waals surface area contributed by atoms with Gasteiger partial charge in [0.1, 0.15) is 31.3 Å². The maximum atomic E-state index is 13.2. The molecule has 0 aliphatic carbocycles. The summed E-state index contributed by atoms with van der Waals surface area (Å²) in [4.78, 5) is 27.6. The van der Waals surface area contributed by atoms with Crippen molar-refractivity contribution in [1.82, 2.24) is 4.90 Å². The molecule has 0 spiro atoms. The molecule has 5 rings (SSSR count). The molecule has 1 unspecified atom stereocenters. The molecular formula is C30H29NO7. The van der Waals surface area contributed by atoms with Crippen LogP contribution < -0.4 is 14.2 Å². The van der Waals surface area contributed by atoms with Crippen LogP contribution in [0.5, 0.6) is 17.2 Å². The van der Waals surface area contributed by atoms with Gasteiger partial charge in [0.15, 0.2) is 11.5 Å². The van der Waals surface area contributed by atoms with Gasteiger partial charge in [-0.3, -0.25) is 9.59 Å². The normalized spacial score (nSPS) is 18.1. The predicted octanol–water partition coefficient (Wildman–Crippen LogP) is 4.41. The van der Waals surface area contributed by atoms with E-state index in [1.54, 1.807) is 42.5 Å². The van der Waals surface area contributed by atoms with Crippen LogP contribution in [0, 0.1) is 6.92 Å². The van der Waals surface area contributed by atoms with Gasteiger partial charge in [0.05, 0.1) is 18.2 Å². The van der Waals surface area contributed by atoms with E-state index in [2.05, 4.69) is 0 Å². The molecule has 1 atom stereocenters. The molecule has 2 aliphatic rings. The zero-order valence-corrected chi connectivity index (χ0v) is 21.3. The second-order valence-corrected chi connectivity index (χ2v) is 9.19. The van der Waals surface area contributed by atoms with Gasteiger partial charge in [-0.15, -0.1) is 0 Å². The first kappa shape index (κ1) is 25.4. The van der Waals surface area contributed by atoms with E-state index in [4.69, 9.17) is 18.9 Å². The fourth-order valence-electron chi connectivity index (χ4n) is 4.59. The number of methoxy groups -OCH3 is 1. The molecule has 0 aromatic heterocycles. The van der Waals surface area contributed by atoms with Crippen LogP contribution in [0.25, 0.3) is 5.76 Å². The van der Waals surface area contributed by atoms with Crippen LogP contribution in [0.1, 0.15) is 28.3 Å². The van der Waals surface area contributed by atoms with Gasteiger partial charge in [-0.25, -0.2) is 0 Å². The lowest BCUT2D eigenvalue weighted by Crippen LogP contribution is -2.32. The van der Waals surface area contributed by atoms with Gasteiger partial charge in [-0.05, 0) is 48.4 Å². The number of ether oxygens (including phenoxy) is 4. The Bertz CT molecular complexity index is 1360. The lowest BCUT2D eigenvalue weighted by Gasteiger charge is -2.25. The highest BCUT2D eigenvalue weighted by Crippen LogP contribution is 2.41. The summed E-state index contributed by atoms with van der Waals surface area (Å²) in [5, 5.41) is 11.3. The summed E-state index contributed by atoms with van der Waals surface area (Å²) in [6, 6.07) is 19.5. The minimum Gasteiger partial charge on any atom is -0.507 e. The lowest BCUT2D eigenvalue weighted by molar-refractivity contribution is -0.140. The smallest absolute Gasteiger partial charge is 0.295 e. The molecule has 196 valence electrons. The molecule has 1 amide bonds. The number of aliphatic hydroxyl groups is 1. The quantitative estimate of drug-likeness (QED) is 0.270. The van der Waals surface area contributed by atoms with Crippen LogP contribution in [0.4, 0.5) is 0 Å². The maximum Gasteiger partial charge on any atom is 0.295 e. The van der Waals surface area contributed by atoms with E-state index in [0.29, 0.717) is 48.2 Å². The number of hydrogen-bond acceptors (Lipinski definition) is 7. The Morgan fingerprint density at radius 3 is 2.39 bits per heavy atom. The lowest BCUT2D eigenvalue weighted by atomic mass is 9.95. The summed E-state index contributed by atoms with van der Waals surface area (Å²) in [5.41, 5.74) is 3.27. The maximum absolute atomic E-state index is 13.2. The Hall–Kier alpha value is -4.30. The number of benzene rings is 3. The third-order valence-electron chi connectivity index (χ3n) is 6.61. The zero-order valence-electron chi connectivity index (χ0n) is 21.3. The molecule has 0 saturated carbocycles. The first-order chi connectivity index (χ1) is 18.5. The first-order valence-electron chi connectivity index (χ1n) is 12.4. The topological polar surface area (TPSA) is 94.5 Å². The standard InChI is InChI=1S/C30H29NO7/c1-19-3-5-20(6-4-19)18-38-23-10-7-21(8-11-23)27-26(29(33)30(34)31(27)13-14-35-2)28(32)22-9-12-24-25(17-22)37-16-15-36-24/h3-12,17,27,32H,13-16,18H2,1-2H3/b28-26-. The molecule has 1 saturated heterocycles. The van der Waals surface area contributed by atoms with E-state index >= 15 is 0 Å². The number of fused-ring (bicyclic) bond motifs is 1. The van der Waals surface area contributed by atoms with Crippen molar-refractivity contribution in [2.75, 3.05) is 33.5 Å². The summed E-state index contributed by atoms with van der Waals surface area (Å²) in [6.07, 6.45) is 0. The Balaban J connectivity index is 1.46. The van der Waals surface area contributed by atoms with Crippen molar-refractivity contribution in [1.29, 1.82) is 0 Å². The summed E-state index contributed by atoms with van der Waals surface area (Å²) >= 11 is 0. The molecule has 0 radical (unpaired) electrons. The van der Waals surface area contributed by atoms with E-state index in [1.807, 2.05) is 31.2 Å². The van der Waals surface area contributed by atoms with Crippen LogP contribution in [0.2, 0.25) is 0 Å². The zero-order chi connectivity index (χ0) is 26.6. The van der Waals surface area contributed by atoms with Crippen molar-refractivity contribution in [3.05, 3.63) is 94.6 Å². The Labute approximate surface area is 221 Å². The van der Waals surface area contributed by atoms with Crippen molar-refractivity contribution >= 4 is 17.4 Å². The fourth-order valence-corrected chi connectivity index (χ4v) is 4.59. The molecule has 8 nitrogen and oxygen atoms in total. The summed E-state index contributed by atoms with van der Waals surface area (Å²) in [6.45, 7) is 3.70. The highest BCUT2D eigenvalue weighted by atomic mass is 16.6. The highest BCUT2D eigenvalue weighted by Gasteiger charge is 2.46. The number of aliphatic hydroxyl groups excluding tert-OH is 1. The molecule has 3 aromatic rings. The largest absolute Gasteiger partial charge is 0.507 e. The average Bonchev–Trinajstić information content (AvgIpc) is 3.20. The van der Waals surface area contributed by atoms with Crippen molar-refractivity contribution in [3.63, 3.8) is 0 Å². The average molecular weight is 516 g/mol. The molecule has 1 N–H and O–H groups in total.